The maximum atomic E-state index is 12.1. The summed E-state index contributed by atoms with van der Waals surface area (Å²) in [6.07, 6.45) is 37.6. The fourth-order valence-electron chi connectivity index (χ4n) is 5.49. The number of unbranched alkanes of at least 4 members (excludes halogenated alkanes) is 27. The Balaban J connectivity index is 3.53. The third-order valence-corrected chi connectivity index (χ3v) is 9.29. The van der Waals surface area contributed by atoms with Gasteiger partial charge in [0, 0.05) is 0 Å². The van der Waals surface area contributed by atoms with Gasteiger partial charge in [0.15, 0.2) is 0 Å². The van der Waals surface area contributed by atoms with Crippen LogP contribution in [0.4, 0.5) is 0 Å². The van der Waals surface area contributed by atoms with Crippen LogP contribution in [0.1, 0.15) is 213 Å². The fraction of sp³-hybridized carbons (Fsp3) is 0.917. The minimum absolute atomic E-state index is 0.255. The molecule has 0 aliphatic carbocycles. The Labute approximate surface area is 267 Å². The van der Waals surface area contributed by atoms with Gasteiger partial charge in [0.05, 0.1) is 0 Å². The summed E-state index contributed by atoms with van der Waals surface area (Å²) in [4.78, 5) is 33.4. The summed E-state index contributed by atoms with van der Waals surface area (Å²) in [5, 5.41) is 0. The second-order valence-electron chi connectivity index (χ2n) is 12.4. The van der Waals surface area contributed by atoms with Crippen LogP contribution < -0.4 is 0 Å². The molecule has 247 valence electrons. The Kier molecular flexibility index (Phi) is 34.0. The standard InChI is InChI=1S/C36H68O4.O.V/c1-3-5-7-9-11-13-15-17-19-21-23-25-27-29-31-33-35(37)39-40-36(38)34-32-30-28-26-24-22-20-18-16-14-12-10-8-6-4-2;;/h3-33H2,1-2H3;;. The van der Waals surface area contributed by atoms with Crippen LogP contribution >= 0.6 is 0 Å². The Hall–Kier alpha value is -0.806. The van der Waals surface area contributed by atoms with Crippen molar-refractivity contribution >= 4 is 16.2 Å². The first-order chi connectivity index (χ1) is 20.7. The summed E-state index contributed by atoms with van der Waals surface area (Å²) in [7, 11) is 0. The van der Waals surface area contributed by atoms with Crippen molar-refractivity contribution in [3.63, 3.8) is 0 Å². The first kappa shape index (κ1) is 41.2. The van der Waals surface area contributed by atoms with Crippen molar-refractivity contribution in [1.82, 2.24) is 0 Å². The molecule has 0 amide bonds. The molecular formula is C36H68O5V. The van der Waals surface area contributed by atoms with Gasteiger partial charge in [-0.25, -0.2) is 0 Å². The van der Waals surface area contributed by atoms with E-state index < -0.39 is 27.7 Å². The second-order valence-corrected chi connectivity index (χ2v) is 13.5. The SMILES string of the molecule is CCCCCCCCCCCCCCCCCC(=O)OOC(=O)[C](CCCCCCCCCCCCCCCC)=[V]=[O]. The zero-order chi connectivity index (χ0) is 30.8. The molecule has 0 aromatic heterocycles. The topological polar surface area (TPSA) is 69.7 Å². The average Bonchev–Trinajstić information content (AvgIpc) is 3.00. The summed E-state index contributed by atoms with van der Waals surface area (Å²) in [6, 6.07) is 0. The third kappa shape index (κ3) is 30.6. The molecule has 0 aromatic rings. The predicted molar refractivity (Wildman–Crippen MR) is 172 cm³/mol. The first-order valence-corrected chi connectivity index (χ1v) is 19.5. The fourth-order valence-corrected chi connectivity index (χ4v) is 6.05. The normalized spacial score (nSPS) is 10.9. The zero-order valence-electron chi connectivity index (χ0n) is 27.9. The summed E-state index contributed by atoms with van der Waals surface area (Å²) in [5.74, 6) is -1.25. The van der Waals surface area contributed by atoms with Gasteiger partial charge < -0.3 is 0 Å². The molecule has 0 radical (unpaired) electrons. The molecule has 0 spiro atoms. The molecule has 0 saturated carbocycles. The van der Waals surface area contributed by atoms with E-state index in [0.717, 1.165) is 38.5 Å². The molecule has 0 aliphatic heterocycles. The summed E-state index contributed by atoms with van der Waals surface area (Å²) >= 11 is -1.46. The van der Waals surface area contributed by atoms with E-state index in [1.807, 2.05) is 0 Å². The van der Waals surface area contributed by atoms with E-state index in [0.29, 0.717) is 6.42 Å². The molecule has 0 aliphatic rings. The van der Waals surface area contributed by atoms with E-state index in [1.165, 1.54) is 148 Å². The van der Waals surface area contributed by atoms with Crippen LogP contribution in [0.2, 0.25) is 0 Å². The molecule has 5 nitrogen and oxygen atoms in total. The molecule has 0 rings (SSSR count). The average molecular weight is 632 g/mol. The monoisotopic (exact) mass is 631 g/mol. The molecule has 42 heavy (non-hydrogen) atoms. The molecule has 0 atom stereocenters. The Bertz CT molecular complexity index is 659. The molecule has 0 saturated heterocycles. The van der Waals surface area contributed by atoms with Crippen LogP contribution in [-0.4, -0.2) is 16.2 Å². The second kappa shape index (κ2) is 34.7. The molecule has 0 heterocycles. The van der Waals surface area contributed by atoms with Crippen molar-refractivity contribution in [2.24, 2.45) is 0 Å². The van der Waals surface area contributed by atoms with Crippen molar-refractivity contribution in [1.29, 1.82) is 0 Å². The molecule has 0 aromatic carbocycles. The molecule has 0 fully saturated rings. The number of rotatable bonds is 32. The van der Waals surface area contributed by atoms with E-state index >= 15 is 0 Å². The number of carbonyl (C=O) groups is 2. The Morgan fingerprint density at radius 2 is 0.690 bits per heavy atom. The van der Waals surface area contributed by atoms with E-state index in [9.17, 15) is 13.3 Å². The van der Waals surface area contributed by atoms with Crippen molar-refractivity contribution in [3.8, 4) is 0 Å². The molecule has 0 unspecified atom stereocenters. The first-order valence-electron chi connectivity index (χ1n) is 18.3. The van der Waals surface area contributed by atoms with Crippen LogP contribution in [0.5, 0.6) is 0 Å². The van der Waals surface area contributed by atoms with Gasteiger partial charge in [0.2, 0.25) is 0 Å². The zero-order valence-corrected chi connectivity index (χ0v) is 29.3. The Morgan fingerprint density at radius 1 is 0.405 bits per heavy atom. The number of carbonyl (C=O) groups excluding carboxylic acids is 2. The van der Waals surface area contributed by atoms with Crippen LogP contribution in [0, 0.1) is 0 Å². The van der Waals surface area contributed by atoms with E-state index in [1.54, 1.807) is 0 Å². The Morgan fingerprint density at radius 3 is 1.00 bits per heavy atom. The van der Waals surface area contributed by atoms with Gasteiger partial charge in [-0.15, -0.1) is 0 Å². The van der Waals surface area contributed by atoms with Crippen molar-refractivity contribution < 1.29 is 38.8 Å². The molecular weight excluding hydrogens is 563 g/mol. The van der Waals surface area contributed by atoms with Gasteiger partial charge >= 0.3 is 171 Å². The van der Waals surface area contributed by atoms with E-state index in [4.69, 9.17) is 9.78 Å². The van der Waals surface area contributed by atoms with Crippen LogP contribution in [0.25, 0.3) is 0 Å². The van der Waals surface area contributed by atoms with E-state index in [2.05, 4.69) is 13.8 Å². The van der Waals surface area contributed by atoms with Gasteiger partial charge in [0.25, 0.3) is 0 Å². The van der Waals surface area contributed by atoms with E-state index in [-0.39, 0.29) is 10.6 Å². The number of hydrogen-bond donors (Lipinski definition) is 0. The van der Waals surface area contributed by atoms with Crippen molar-refractivity contribution in [2.45, 2.75) is 213 Å². The third-order valence-electron chi connectivity index (χ3n) is 8.31. The summed E-state index contributed by atoms with van der Waals surface area (Å²) in [6.45, 7) is 4.53. The number of hydrogen-bond acceptors (Lipinski definition) is 5. The van der Waals surface area contributed by atoms with Crippen LogP contribution in [-0.2, 0) is 38.8 Å². The van der Waals surface area contributed by atoms with Gasteiger partial charge in [-0.3, -0.25) is 0 Å². The van der Waals surface area contributed by atoms with Crippen LogP contribution in [0.3, 0.4) is 0 Å². The summed E-state index contributed by atoms with van der Waals surface area (Å²) < 4.78 is 11.8. The van der Waals surface area contributed by atoms with Gasteiger partial charge in [-0.05, 0) is 0 Å². The van der Waals surface area contributed by atoms with Gasteiger partial charge in [0.1, 0.15) is 0 Å². The van der Waals surface area contributed by atoms with Crippen molar-refractivity contribution in [2.75, 3.05) is 0 Å². The predicted octanol–water partition coefficient (Wildman–Crippen LogP) is 11.7. The van der Waals surface area contributed by atoms with Gasteiger partial charge in [-0.1, -0.05) is 97.3 Å². The summed E-state index contributed by atoms with van der Waals surface area (Å²) in [5.41, 5.74) is 0. The van der Waals surface area contributed by atoms with Crippen molar-refractivity contribution in [3.05, 3.63) is 0 Å². The minimum atomic E-state index is -1.46. The molecule has 6 heteroatoms. The van der Waals surface area contributed by atoms with Gasteiger partial charge in [-0.2, -0.15) is 0 Å². The molecule has 0 N–H and O–H groups in total. The van der Waals surface area contributed by atoms with Crippen LogP contribution in [0.15, 0.2) is 0 Å². The quantitative estimate of drug-likeness (QED) is 0.0420. The molecule has 0 bridgehead atoms. The maximum absolute atomic E-state index is 12.1.